The fourth-order valence-electron chi connectivity index (χ4n) is 2.63. The number of carbonyl (C=O) groups is 1. The SMILES string of the molecule is CC.CCCc1c(OCCCCN(C)C(C)C(=O)O)ccc(C(=N)C(F)(F)F)c1O. The lowest BCUT2D eigenvalue weighted by molar-refractivity contribution is -0.142. The van der Waals surface area contributed by atoms with Gasteiger partial charge in [-0.15, -0.1) is 0 Å². The quantitative estimate of drug-likeness (QED) is 0.341. The smallest absolute Gasteiger partial charge is 0.433 e. The van der Waals surface area contributed by atoms with Crippen molar-refractivity contribution >= 4 is 11.7 Å². The van der Waals surface area contributed by atoms with Gasteiger partial charge in [0.2, 0.25) is 0 Å². The monoisotopic (exact) mass is 434 g/mol. The molecule has 0 saturated carbocycles. The van der Waals surface area contributed by atoms with E-state index >= 15 is 0 Å². The Labute approximate surface area is 176 Å². The van der Waals surface area contributed by atoms with E-state index in [0.717, 1.165) is 6.07 Å². The zero-order valence-corrected chi connectivity index (χ0v) is 18.3. The van der Waals surface area contributed by atoms with Gasteiger partial charge in [0, 0.05) is 11.1 Å². The molecule has 0 aliphatic rings. The summed E-state index contributed by atoms with van der Waals surface area (Å²) >= 11 is 0. The number of likely N-dealkylation sites (N-methyl/N-ethyl adjacent to an activating group) is 1. The molecule has 0 saturated heterocycles. The first-order valence-electron chi connectivity index (χ1n) is 10.1. The second kappa shape index (κ2) is 13.1. The highest BCUT2D eigenvalue weighted by Crippen LogP contribution is 2.35. The van der Waals surface area contributed by atoms with Gasteiger partial charge < -0.3 is 14.9 Å². The van der Waals surface area contributed by atoms with E-state index in [1.54, 1.807) is 18.9 Å². The maximum atomic E-state index is 12.8. The highest BCUT2D eigenvalue weighted by atomic mass is 19.4. The summed E-state index contributed by atoms with van der Waals surface area (Å²) in [5.41, 5.74) is -1.90. The molecule has 0 radical (unpaired) electrons. The molecule has 0 amide bonds. The van der Waals surface area contributed by atoms with Gasteiger partial charge in [-0.05, 0) is 51.9 Å². The average Bonchev–Trinajstić information content (AvgIpc) is 2.69. The predicted octanol–water partition coefficient (Wildman–Crippen LogP) is 4.86. The van der Waals surface area contributed by atoms with E-state index in [9.17, 15) is 23.1 Å². The summed E-state index contributed by atoms with van der Waals surface area (Å²) in [4.78, 5) is 12.6. The number of benzene rings is 1. The lowest BCUT2D eigenvalue weighted by atomic mass is 10.00. The molecule has 6 nitrogen and oxygen atoms in total. The largest absolute Gasteiger partial charge is 0.507 e. The Hall–Kier alpha value is -2.29. The number of unbranched alkanes of at least 4 members (excludes halogenated alkanes) is 1. The number of aliphatic carboxylic acids is 1. The van der Waals surface area contributed by atoms with Crippen LogP contribution in [0.2, 0.25) is 0 Å². The first kappa shape index (κ1) is 27.7. The first-order valence-corrected chi connectivity index (χ1v) is 10.1. The van der Waals surface area contributed by atoms with Crippen LogP contribution >= 0.6 is 0 Å². The van der Waals surface area contributed by atoms with Gasteiger partial charge in [0.05, 0.1) is 6.61 Å². The third-order valence-electron chi connectivity index (χ3n) is 4.47. The minimum Gasteiger partial charge on any atom is -0.507 e. The van der Waals surface area contributed by atoms with Crippen molar-refractivity contribution in [3.8, 4) is 11.5 Å². The maximum absolute atomic E-state index is 12.8. The molecule has 0 aromatic heterocycles. The van der Waals surface area contributed by atoms with Crippen molar-refractivity contribution in [1.29, 1.82) is 5.41 Å². The molecule has 172 valence electrons. The van der Waals surface area contributed by atoms with Crippen LogP contribution in [0.15, 0.2) is 12.1 Å². The Kier molecular flexibility index (Phi) is 12.1. The van der Waals surface area contributed by atoms with E-state index in [2.05, 4.69) is 0 Å². The molecule has 3 N–H and O–H groups in total. The Morgan fingerprint density at radius 2 is 1.87 bits per heavy atom. The zero-order valence-electron chi connectivity index (χ0n) is 18.3. The Balaban J connectivity index is 0.00000407. The molecule has 1 rings (SSSR count). The fraction of sp³-hybridized carbons (Fsp3) is 0.619. The Morgan fingerprint density at radius 1 is 1.27 bits per heavy atom. The van der Waals surface area contributed by atoms with Crippen molar-refractivity contribution in [2.75, 3.05) is 20.2 Å². The van der Waals surface area contributed by atoms with E-state index in [-0.39, 0.29) is 12.2 Å². The summed E-state index contributed by atoms with van der Waals surface area (Å²) in [6.07, 6.45) is -2.64. The second-order valence-electron chi connectivity index (χ2n) is 6.61. The highest BCUT2D eigenvalue weighted by molar-refractivity contribution is 6.04. The van der Waals surface area contributed by atoms with Gasteiger partial charge >= 0.3 is 12.1 Å². The Bertz CT molecular complexity index is 694. The molecule has 0 spiro atoms. The number of carboxylic acids is 1. The molecular weight excluding hydrogens is 401 g/mol. The molecular formula is C21H33F3N2O4. The Morgan fingerprint density at radius 3 is 2.37 bits per heavy atom. The average molecular weight is 434 g/mol. The summed E-state index contributed by atoms with van der Waals surface area (Å²) < 4.78 is 44.0. The number of nitrogens with one attached hydrogen (secondary N) is 1. The van der Waals surface area contributed by atoms with Crippen LogP contribution in [0.4, 0.5) is 13.2 Å². The van der Waals surface area contributed by atoms with Crippen LogP contribution in [-0.4, -0.2) is 59.2 Å². The van der Waals surface area contributed by atoms with E-state index in [1.807, 2.05) is 20.8 Å². The number of ether oxygens (including phenoxy) is 1. The van der Waals surface area contributed by atoms with E-state index in [1.165, 1.54) is 6.07 Å². The number of phenolic OH excluding ortho intramolecular Hbond substituents is 1. The molecule has 0 aliphatic heterocycles. The van der Waals surface area contributed by atoms with E-state index in [0.29, 0.717) is 38.0 Å². The van der Waals surface area contributed by atoms with Crippen LogP contribution in [0.25, 0.3) is 0 Å². The summed E-state index contributed by atoms with van der Waals surface area (Å²) in [5.74, 6) is -1.18. The zero-order chi connectivity index (χ0) is 23.5. The number of phenols is 1. The second-order valence-corrected chi connectivity index (χ2v) is 6.61. The molecule has 0 heterocycles. The molecule has 1 unspecified atom stereocenters. The third-order valence-corrected chi connectivity index (χ3v) is 4.47. The minimum atomic E-state index is -4.84. The number of carboxylic acid groups (broad SMARTS) is 1. The maximum Gasteiger partial charge on any atom is 0.433 e. The number of rotatable bonds is 11. The first-order chi connectivity index (χ1) is 14.0. The van der Waals surface area contributed by atoms with Crippen LogP contribution in [0.3, 0.4) is 0 Å². The van der Waals surface area contributed by atoms with Crippen LogP contribution in [0, 0.1) is 5.41 Å². The fourth-order valence-corrected chi connectivity index (χ4v) is 2.63. The third kappa shape index (κ3) is 8.22. The molecule has 0 bridgehead atoms. The van der Waals surface area contributed by atoms with Crippen molar-refractivity contribution in [2.45, 2.75) is 65.6 Å². The molecule has 0 fully saturated rings. The minimum absolute atomic E-state index is 0.255. The number of alkyl halides is 3. The van der Waals surface area contributed by atoms with E-state index in [4.69, 9.17) is 15.3 Å². The number of nitrogens with zero attached hydrogens (tertiary/aromatic N) is 1. The van der Waals surface area contributed by atoms with E-state index < -0.39 is 35.2 Å². The molecule has 1 atom stereocenters. The van der Waals surface area contributed by atoms with Crippen molar-refractivity contribution in [3.05, 3.63) is 23.3 Å². The predicted molar refractivity (Wildman–Crippen MR) is 111 cm³/mol. The summed E-state index contributed by atoms with van der Waals surface area (Å²) in [6, 6.07) is 1.80. The topological polar surface area (TPSA) is 93.9 Å². The van der Waals surface area contributed by atoms with Crippen molar-refractivity contribution < 1.29 is 32.9 Å². The molecule has 30 heavy (non-hydrogen) atoms. The number of aromatic hydroxyl groups is 1. The van der Waals surface area contributed by atoms with Crippen LogP contribution in [0.5, 0.6) is 11.5 Å². The molecule has 1 aromatic rings. The van der Waals surface area contributed by atoms with Gasteiger partial charge in [-0.25, -0.2) is 0 Å². The van der Waals surface area contributed by atoms with Gasteiger partial charge in [-0.3, -0.25) is 15.1 Å². The lowest BCUT2D eigenvalue weighted by Gasteiger charge is -2.21. The van der Waals surface area contributed by atoms with Gasteiger partial charge in [0.1, 0.15) is 23.3 Å². The summed E-state index contributed by atoms with van der Waals surface area (Å²) in [7, 11) is 1.71. The van der Waals surface area contributed by atoms with Crippen molar-refractivity contribution in [2.24, 2.45) is 0 Å². The van der Waals surface area contributed by atoms with Gasteiger partial charge in [-0.1, -0.05) is 27.2 Å². The normalized spacial score (nSPS) is 12.2. The molecule has 0 aliphatic carbocycles. The standard InChI is InChI=1S/C19H27F3N2O4.C2H6/c1-4-7-13-15(9-8-14(16(13)25)17(23)19(20,21)22)28-11-6-5-10-24(3)12(2)18(26)27;1-2/h8-9,12,23,25H,4-7,10-11H2,1-3H3,(H,26,27);1-2H3. The highest BCUT2D eigenvalue weighted by Gasteiger charge is 2.37. The van der Waals surface area contributed by atoms with Crippen LogP contribution < -0.4 is 4.74 Å². The lowest BCUT2D eigenvalue weighted by Crippen LogP contribution is -2.36. The summed E-state index contributed by atoms with van der Waals surface area (Å²) in [6.45, 7) is 8.26. The van der Waals surface area contributed by atoms with Gasteiger partial charge in [-0.2, -0.15) is 13.2 Å². The van der Waals surface area contributed by atoms with Gasteiger partial charge in [0.15, 0.2) is 0 Å². The summed E-state index contributed by atoms with van der Waals surface area (Å²) in [5, 5.41) is 26.4. The number of halogens is 3. The van der Waals surface area contributed by atoms with Crippen LogP contribution in [-0.2, 0) is 11.2 Å². The number of hydrogen-bond donors (Lipinski definition) is 3. The van der Waals surface area contributed by atoms with Crippen molar-refractivity contribution in [1.82, 2.24) is 4.90 Å². The van der Waals surface area contributed by atoms with Gasteiger partial charge in [0.25, 0.3) is 0 Å². The number of hydrogen-bond acceptors (Lipinski definition) is 5. The molecule has 9 heteroatoms. The van der Waals surface area contributed by atoms with Crippen molar-refractivity contribution in [3.63, 3.8) is 0 Å². The van der Waals surface area contributed by atoms with Crippen LogP contribution in [0.1, 0.15) is 58.1 Å². The molecule has 1 aromatic carbocycles.